The van der Waals surface area contributed by atoms with Gasteiger partial charge in [0.15, 0.2) is 0 Å². The Labute approximate surface area is 123 Å². The number of hydrogen-bond acceptors (Lipinski definition) is 2. The highest BCUT2D eigenvalue weighted by Gasteiger charge is 2.01. The topological polar surface area (TPSA) is 53.2 Å². The van der Waals surface area contributed by atoms with Crippen LogP contribution in [0.3, 0.4) is 0 Å². The average Bonchev–Trinajstić information content (AvgIpc) is 2.50. The van der Waals surface area contributed by atoms with Crippen molar-refractivity contribution < 1.29 is 9.18 Å². The number of amides is 2. The Morgan fingerprint density at radius 1 is 1.10 bits per heavy atom. The van der Waals surface area contributed by atoms with Gasteiger partial charge in [0, 0.05) is 25.0 Å². The zero-order chi connectivity index (χ0) is 15.2. The van der Waals surface area contributed by atoms with Crippen LogP contribution in [0.15, 0.2) is 42.5 Å². The van der Waals surface area contributed by atoms with E-state index in [0.29, 0.717) is 12.1 Å². The van der Waals surface area contributed by atoms with E-state index in [-0.39, 0.29) is 11.8 Å². The van der Waals surface area contributed by atoms with Crippen molar-refractivity contribution in [3.05, 3.63) is 59.4 Å². The first-order valence-electron chi connectivity index (χ1n) is 6.66. The fourth-order valence-corrected chi connectivity index (χ4v) is 1.89. The summed E-state index contributed by atoms with van der Waals surface area (Å²) in [6.07, 6.45) is 0. The molecule has 21 heavy (non-hydrogen) atoms. The first-order valence-corrected chi connectivity index (χ1v) is 6.66. The predicted molar refractivity (Wildman–Crippen MR) is 83.0 cm³/mol. The van der Waals surface area contributed by atoms with Crippen molar-refractivity contribution in [1.82, 2.24) is 5.32 Å². The summed E-state index contributed by atoms with van der Waals surface area (Å²) in [5, 5.41) is 8.43. The molecule has 2 aromatic rings. The number of aryl methyl sites for hydroxylation is 1. The molecule has 0 aliphatic rings. The zero-order valence-electron chi connectivity index (χ0n) is 12.0. The molecule has 0 spiro atoms. The van der Waals surface area contributed by atoms with Gasteiger partial charge in [-0.15, -0.1) is 0 Å². The predicted octanol–water partition coefficient (Wildman–Crippen LogP) is 3.50. The molecule has 0 heterocycles. The van der Waals surface area contributed by atoms with E-state index < -0.39 is 0 Å². The molecule has 2 aromatic carbocycles. The minimum Gasteiger partial charge on any atom is -0.381 e. The summed E-state index contributed by atoms with van der Waals surface area (Å²) in [5.74, 6) is -0.191. The molecule has 2 rings (SSSR count). The number of hydrogen-bond donors (Lipinski definition) is 3. The minimum atomic E-state index is -0.252. The van der Waals surface area contributed by atoms with Gasteiger partial charge in [-0.25, -0.2) is 9.18 Å². The normalized spacial score (nSPS) is 10.0. The SMILES string of the molecule is CNC(=O)Nc1ccc(NCc2ccc(F)c(C)c2)cc1. The molecule has 0 aromatic heterocycles. The molecule has 0 aliphatic carbocycles. The summed E-state index contributed by atoms with van der Waals surface area (Å²) in [4.78, 5) is 11.2. The third-order valence-corrected chi connectivity index (χ3v) is 3.09. The van der Waals surface area contributed by atoms with Gasteiger partial charge >= 0.3 is 6.03 Å². The lowest BCUT2D eigenvalue weighted by Gasteiger charge is -2.09. The Morgan fingerprint density at radius 3 is 2.38 bits per heavy atom. The van der Waals surface area contributed by atoms with Crippen molar-refractivity contribution in [3.8, 4) is 0 Å². The molecular formula is C16H18FN3O. The second kappa shape index (κ2) is 6.74. The molecule has 3 N–H and O–H groups in total. The number of nitrogens with one attached hydrogen (secondary N) is 3. The molecular weight excluding hydrogens is 269 g/mol. The van der Waals surface area contributed by atoms with Gasteiger partial charge in [0.1, 0.15) is 5.82 Å². The zero-order valence-corrected chi connectivity index (χ0v) is 12.0. The summed E-state index contributed by atoms with van der Waals surface area (Å²) in [6.45, 7) is 2.36. The summed E-state index contributed by atoms with van der Waals surface area (Å²) in [5.41, 5.74) is 3.30. The van der Waals surface area contributed by atoms with E-state index >= 15 is 0 Å². The Balaban J connectivity index is 1.94. The summed E-state index contributed by atoms with van der Waals surface area (Å²) >= 11 is 0. The molecule has 0 aliphatic heterocycles. The highest BCUT2D eigenvalue weighted by Crippen LogP contribution is 2.15. The van der Waals surface area contributed by atoms with Gasteiger partial charge in [-0.3, -0.25) is 0 Å². The van der Waals surface area contributed by atoms with E-state index in [2.05, 4.69) is 16.0 Å². The molecule has 4 nitrogen and oxygen atoms in total. The Morgan fingerprint density at radius 2 is 1.76 bits per heavy atom. The van der Waals surface area contributed by atoms with Crippen LogP contribution in [0.25, 0.3) is 0 Å². The van der Waals surface area contributed by atoms with Gasteiger partial charge in [-0.1, -0.05) is 12.1 Å². The van der Waals surface area contributed by atoms with E-state index in [0.717, 1.165) is 16.9 Å². The van der Waals surface area contributed by atoms with Crippen LogP contribution in [-0.4, -0.2) is 13.1 Å². The maximum Gasteiger partial charge on any atom is 0.318 e. The molecule has 110 valence electrons. The van der Waals surface area contributed by atoms with Crippen molar-refractivity contribution in [2.45, 2.75) is 13.5 Å². The molecule has 5 heteroatoms. The Kier molecular flexibility index (Phi) is 4.77. The quantitative estimate of drug-likeness (QED) is 0.806. The van der Waals surface area contributed by atoms with Gasteiger partial charge in [0.25, 0.3) is 0 Å². The van der Waals surface area contributed by atoms with Crippen LogP contribution < -0.4 is 16.0 Å². The first kappa shape index (κ1) is 14.8. The third kappa shape index (κ3) is 4.21. The first-order chi connectivity index (χ1) is 10.1. The summed E-state index contributed by atoms with van der Waals surface area (Å²) in [7, 11) is 1.57. The van der Waals surface area contributed by atoms with Gasteiger partial charge < -0.3 is 16.0 Å². The van der Waals surface area contributed by atoms with Crippen LogP contribution in [0.5, 0.6) is 0 Å². The van der Waals surface area contributed by atoms with Crippen molar-refractivity contribution in [3.63, 3.8) is 0 Å². The van der Waals surface area contributed by atoms with Crippen molar-refractivity contribution in [1.29, 1.82) is 0 Å². The Bertz CT molecular complexity index is 626. The van der Waals surface area contributed by atoms with E-state index in [1.165, 1.54) is 6.07 Å². The Hall–Kier alpha value is -2.56. The van der Waals surface area contributed by atoms with Gasteiger partial charge in [0.05, 0.1) is 0 Å². The molecule has 2 amide bonds. The maximum absolute atomic E-state index is 13.2. The summed E-state index contributed by atoms with van der Waals surface area (Å²) in [6, 6.07) is 12.2. The van der Waals surface area contributed by atoms with Crippen LogP contribution in [0.4, 0.5) is 20.6 Å². The van der Waals surface area contributed by atoms with Gasteiger partial charge in [-0.2, -0.15) is 0 Å². The van der Waals surface area contributed by atoms with Gasteiger partial charge in [0.2, 0.25) is 0 Å². The van der Waals surface area contributed by atoms with E-state index in [9.17, 15) is 9.18 Å². The molecule has 0 atom stereocenters. The molecule has 0 radical (unpaired) electrons. The van der Waals surface area contributed by atoms with Crippen LogP contribution in [0, 0.1) is 12.7 Å². The number of urea groups is 1. The van der Waals surface area contributed by atoms with Crippen molar-refractivity contribution in [2.24, 2.45) is 0 Å². The number of carbonyl (C=O) groups is 1. The number of halogens is 1. The molecule has 0 fully saturated rings. The fourth-order valence-electron chi connectivity index (χ4n) is 1.89. The van der Waals surface area contributed by atoms with Crippen LogP contribution in [0.2, 0.25) is 0 Å². The molecule has 0 saturated carbocycles. The number of rotatable bonds is 4. The molecule has 0 unspecified atom stereocenters. The second-order valence-corrected chi connectivity index (χ2v) is 4.72. The van der Waals surface area contributed by atoms with Crippen molar-refractivity contribution >= 4 is 17.4 Å². The monoisotopic (exact) mass is 287 g/mol. The number of anilines is 2. The number of benzene rings is 2. The van der Waals surface area contributed by atoms with E-state index in [1.54, 1.807) is 20.0 Å². The van der Waals surface area contributed by atoms with Gasteiger partial charge in [-0.05, 0) is 48.4 Å². The van der Waals surface area contributed by atoms with Crippen molar-refractivity contribution in [2.75, 3.05) is 17.7 Å². The van der Waals surface area contributed by atoms with Crippen LogP contribution in [0.1, 0.15) is 11.1 Å². The van der Waals surface area contributed by atoms with E-state index in [1.807, 2.05) is 30.3 Å². The maximum atomic E-state index is 13.2. The van der Waals surface area contributed by atoms with Crippen LogP contribution >= 0.6 is 0 Å². The molecule has 0 bridgehead atoms. The third-order valence-electron chi connectivity index (χ3n) is 3.09. The van der Waals surface area contributed by atoms with E-state index in [4.69, 9.17) is 0 Å². The number of carbonyl (C=O) groups excluding carboxylic acids is 1. The average molecular weight is 287 g/mol. The highest BCUT2D eigenvalue weighted by molar-refractivity contribution is 5.89. The fraction of sp³-hybridized carbons (Fsp3) is 0.188. The lowest BCUT2D eigenvalue weighted by molar-refractivity contribution is 0.254. The lowest BCUT2D eigenvalue weighted by atomic mass is 10.1. The lowest BCUT2D eigenvalue weighted by Crippen LogP contribution is -2.24. The standard InChI is InChI=1S/C16H18FN3O/c1-11-9-12(3-8-15(11)17)10-19-13-4-6-14(7-5-13)20-16(21)18-2/h3-9,19H,10H2,1-2H3,(H2,18,20,21). The smallest absolute Gasteiger partial charge is 0.318 e. The minimum absolute atomic E-state index is 0.191. The largest absolute Gasteiger partial charge is 0.381 e. The molecule has 0 saturated heterocycles. The van der Waals surface area contributed by atoms with Crippen LogP contribution in [-0.2, 0) is 6.54 Å². The summed E-state index contributed by atoms with van der Waals surface area (Å²) < 4.78 is 13.2. The highest BCUT2D eigenvalue weighted by atomic mass is 19.1. The second-order valence-electron chi connectivity index (χ2n) is 4.72.